The van der Waals surface area contributed by atoms with Gasteiger partial charge in [-0.05, 0) is 39.3 Å². The van der Waals surface area contributed by atoms with E-state index in [0.29, 0.717) is 18.2 Å². The van der Waals surface area contributed by atoms with E-state index in [-0.39, 0.29) is 11.9 Å². The third kappa shape index (κ3) is 3.57. The molecule has 1 fully saturated rings. The van der Waals surface area contributed by atoms with Crippen LogP contribution in [-0.2, 0) is 0 Å². The van der Waals surface area contributed by atoms with Crippen molar-refractivity contribution in [1.29, 1.82) is 0 Å². The molecule has 0 radical (unpaired) electrons. The number of hydrogen-bond acceptors (Lipinski definition) is 4. The van der Waals surface area contributed by atoms with Gasteiger partial charge in [0.05, 0.1) is 22.8 Å². The minimum Gasteiger partial charge on any atom is -0.350 e. The molecular weight excluding hydrogens is 338 g/mol. The topological polar surface area (TPSA) is 71.8 Å². The van der Waals surface area contributed by atoms with E-state index in [1.54, 1.807) is 6.20 Å². The number of pyridine rings is 1. The molecule has 27 heavy (non-hydrogen) atoms. The van der Waals surface area contributed by atoms with Crippen molar-refractivity contribution in [3.63, 3.8) is 0 Å². The largest absolute Gasteiger partial charge is 0.350 e. The van der Waals surface area contributed by atoms with Gasteiger partial charge in [0.15, 0.2) is 5.65 Å². The molecule has 1 aliphatic heterocycles. The first-order valence-electron chi connectivity index (χ1n) is 9.59. The third-order valence-corrected chi connectivity index (χ3v) is 5.04. The predicted octanol–water partition coefficient (Wildman–Crippen LogP) is 3.16. The summed E-state index contributed by atoms with van der Waals surface area (Å²) < 4.78 is 1.87. The summed E-state index contributed by atoms with van der Waals surface area (Å²) in [6.07, 6.45) is 4.02. The van der Waals surface area contributed by atoms with Crippen molar-refractivity contribution in [2.75, 3.05) is 13.1 Å². The third-order valence-electron chi connectivity index (χ3n) is 5.04. The van der Waals surface area contributed by atoms with E-state index in [4.69, 9.17) is 4.98 Å². The zero-order valence-corrected chi connectivity index (χ0v) is 15.8. The van der Waals surface area contributed by atoms with E-state index in [9.17, 15) is 4.79 Å². The van der Waals surface area contributed by atoms with Crippen LogP contribution in [0.3, 0.4) is 0 Å². The zero-order chi connectivity index (χ0) is 18.8. The normalized spacial score (nSPS) is 16.9. The molecule has 2 aromatic heterocycles. The highest BCUT2D eigenvalue weighted by molar-refractivity contribution is 6.06. The Morgan fingerprint density at radius 1 is 1.33 bits per heavy atom. The first-order chi connectivity index (χ1) is 13.1. The molecular formula is C21H25N5O. The Balaban J connectivity index is 1.74. The predicted molar refractivity (Wildman–Crippen MR) is 107 cm³/mol. The molecule has 1 aliphatic rings. The number of aromatic nitrogens is 3. The summed E-state index contributed by atoms with van der Waals surface area (Å²) in [4.78, 5) is 17.8. The monoisotopic (exact) mass is 363 g/mol. The number of hydrogen-bond donors (Lipinski definition) is 2. The van der Waals surface area contributed by atoms with Crippen molar-refractivity contribution < 1.29 is 4.79 Å². The Hall–Kier alpha value is -2.73. The van der Waals surface area contributed by atoms with Gasteiger partial charge in [-0.25, -0.2) is 9.67 Å². The maximum atomic E-state index is 13.0. The van der Waals surface area contributed by atoms with Gasteiger partial charge in [-0.3, -0.25) is 4.79 Å². The molecule has 3 heterocycles. The highest BCUT2D eigenvalue weighted by Gasteiger charge is 2.20. The van der Waals surface area contributed by atoms with Crippen LogP contribution in [0.15, 0.2) is 42.6 Å². The average molecular weight is 363 g/mol. The van der Waals surface area contributed by atoms with Gasteiger partial charge in [0.2, 0.25) is 0 Å². The van der Waals surface area contributed by atoms with Crippen LogP contribution >= 0.6 is 0 Å². The van der Waals surface area contributed by atoms with E-state index in [0.717, 1.165) is 35.3 Å². The maximum Gasteiger partial charge on any atom is 0.252 e. The molecule has 1 amide bonds. The van der Waals surface area contributed by atoms with Gasteiger partial charge in [-0.1, -0.05) is 30.3 Å². The van der Waals surface area contributed by atoms with Gasteiger partial charge in [0, 0.05) is 24.2 Å². The summed E-state index contributed by atoms with van der Waals surface area (Å²) in [5, 5.41) is 11.8. The molecule has 6 nitrogen and oxygen atoms in total. The van der Waals surface area contributed by atoms with Crippen LogP contribution in [-0.4, -0.2) is 39.8 Å². The molecule has 1 saturated heterocycles. The smallest absolute Gasteiger partial charge is 0.252 e. The standard InChI is InChI=1S/C21H25N5O/c1-14(2)26-20-18(13-24-26)17(21(27)23-12-16-9-6-10-22-16)11-19(25-20)15-7-4-3-5-8-15/h3-5,7-8,11,13-14,16,22H,6,9-10,12H2,1-2H3,(H,23,27). The van der Waals surface area contributed by atoms with Crippen molar-refractivity contribution >= 4 is 16.9 Å². The summed E-state index contributed by atoms with van der Waals surface area (Å²) in [7, 11) is 0. The van der Waals surface area contributed by atoms with Gasteiger partial charge in [0.1, 0.15) is 0 Å². The average Bonchev–Trinajstić information content (AvgIpc) is 3.35. The number of amides is 1. The van der Waals surface area contributed by atoms with Crippen LogP contribution in [0.4, 0.5) is 0 Å². The molecule has 1 unspecified atom stereocenters. The molecule has 0 spiro atoms. The number of carbonyl (C=O) groups is 1. The number of fused-ring (bicyclic) bond motifs is 1. The second-order valence-corrected chi connectivity index (χ2v) is 7.34. The van der Waals surface area contributed by atoms with Crippen molar-refractivity contribution in [3.05, 3.63) is 48.2 Å². The lowest BCUT2D eigenvalue weighted by atomic mass is 10.1. The maximum absolute atomic E-state index is 13.0. The minimum absolute atomic E-state index is 0.0726. The van der Waals surface area contributed by atoms with Gasteiger partial charge in [-0.2, -0.15) is 5.10 Å². The number of carbonyl (C=O) groups excluding carboxylic acids is 1. The van der Waals surface area contributed by atoms with Crippen LogP contribution < -0.4 is 10.6 Å². The molecule has 0 saturated carbocycles. The first-order valence-corrected chi connectivity index (χ1v) is 9.59. The summed E-state index contributed by atoms with van der Waals surface area (Å²) in [6.45, 7) is 5.80. The minimum atomic E-state index is -0.0726. The Morgan fingerprint density at radius 3 is 2.85 bits per heavy atom. The number of nitrogens with zero attached hydrogens (tertiary/aromatic N) is 3. The van der Waals surface area contributed by atoms with Crippen LogP contribution in [0.25, 0.3) is 22.3 Å². The molecule has 1 atom stereocenters. The Kier molecular flexibility index (Phi) is 4.90. The van der Waals surface area contributed by atoms with Gasteiger partial charge >= 0.3 is 0 Å². The highest BCUT2D eigenvalue weighted by atomic mass is 16.1. The zero-order valence-electron chi connectivity index (χ0n) is 15.8. The number of rotatable bonds is 5. The molecule has 2 N–H and O–H groups in total. The van der Waals surface area contributed by atoms with E-state index < -0.39 is 0 Å². The van der Waals surface area contributed by atoms with Gasteiger partial charge in [0.25, 0.3) is 5.91 Å². The van der Waals surface area contributed by atoms with Gasteiger partial charge < -0.3 is 10.6 Å². The summed E-state index contributed by atoms with van der Waals surface area (Å²) in [5.41, 5.74) is 3.15. The van der Waals surface area contributed by atoms with Crippen LogP contribution in [0.1, 0.15) is 43.1 Å². The van der Waals surface area contributed by atoms with Crippen LogP contribution in [0.2, 0.25) is 0 Å². The first kappa shape index (κ1) is 17.7. The van der Waals surface area contributed by atoms with E-state index in [1.165, 1.54) is 6.42 Å². The summed E-state index contributed by atoms with van der Waals surface area (Å²) in [5.74, 6) is -0.0726. The second-order valence-electron chi connectivity index (χ2n) is 7.34. The van der Waals surface area contributed by atoms with Crippen molar-refractivity contribution in [1.82, 2.24) is 25.4 Å². The van der Waals surface area contributed by atoms with Crippen LogP contribution in [0, 0.1) is 0 Å². The van der Waals surface area contributed by atoms with Crippen molar-refractivity contribution in [2.24, 2.45) is 0 Å². The second kappa shape index (κ2) is 7.48. The highest BCUT2D eigenvalue weighted by Crippen LogP contribution is 2.26. The quantitative estimate of drug-likeness (QED) is 0.730. The molecule has 0 aliphatic carbocycles. The summed E-state index contributed by atoms with van der Waals surface area (Å²) in [6, 6.07) is 12.4. The molecule has 1 aromatic carbocycles. The summed E-state index contributed by atoms with van der Waals surface area (Å²) >= 11 is 0. The van der Waals surface area contributed by atoms with E-state index in [1.807, 2.05) is 41.1 Å². The fraction of sp³-hybridized carbons (Fsp3) is 0.381. The van der Waals surface area contributed by atoms with Crippen LogP contribution in [0.5, 0.6) is 0 Å². The number of benzene rings is 1. The lowest BCUT2D eigenvalue weighted by Crippen LogP contribution is -2.37. The van der Waals surface area contributed by atoms with E-state index in [2.05, 4.69) is 29.6 Å². The molecule has 140 valence electrons. The Morgan fingerprint density at radius 2 is 2.15 bits per heavy atom. The lowest BCUT2D eigenvalue weighted by Gasteiger charge is -2.13. The Bertz CT molecular complexity index is 942. The van der Waals surface area contributed by atoms with Crippen molar-refractivity contribution in [3.8, 4) is 11.3 Å². The van der Waals surface area contributed by atoms with Gasteiger partial charge in [-0.15, -0.1) is 0 Å². The number of nitrogens with one attached hydrogen (secondary N) is 2. The molecule has 6 heteroatoms. The fourth-order valence-corrected chi connectivity index (χ4v) is 3.58. The van der Waals surface area contributed by atoms with E-state index >= 15 is 0 Å². The SMILES string of the molecule is CC(C)n1ncc2c(C(=O)NCC3CCCN3)cc(-c3ccccc3)nc21. The lowest BCUT2D eigenvalue weighted by molar-refractivity contribution is 0.0952. The molecule has 4 rings (SSSR count). The molecule has 0 bridgehead atoms. The Labute approximate surface area is 159 Å². The fourth-order valence-electron chi connectivity index (χ4n) is 3.58. The molecule has 3 aromatic rings. The van der Waals surface area contributed by atoms with Crippen molar-refractivity contribution in [2.45, 2.75) is 38.8 Å².